The summed E-state index contributed by atoms with van der Waals surface area (Å²) < 4.78 is 14.8. The third kappa shape index (κ3) is 4.84. The molecule has 0 unspecified atom stereocenters. The van der Waals surface area contributed by atoms with E-state index in [-0.39, 0.29) is 0 Å². The molecule has 4 rings (SSSR count). The first-order chi connectivity index (χ1) is 16.3. The Balaban J connectivity index is 2.06. The van der Waals surface area contributed by atoms with Crippen molar-refractivity contribution in [1.82, 2.24) is 0 Å². The molecule has 4 nitrogen and oxygen atoms in total. The predicted molar refractivity (Wildman–Crippen MR) is 132 cm³/mol. The van der Waals surface area contributed by atoms with Crippen molar-refractivity contribution in [3.8, 4) is 12.5 Å². The van der Waals surface area contributed by atoms with E-state index in [0.717, 1.165) is 17.4 Å². The molecule has 0 bridgehead atoms. The molecule has 0 saturated heterocycles. The van der Waals surface area contributed by atoms with Gasteiger partial charge in [0.1, 0.15) is 0 Å². The Hall–Kier alpha value is -3.42. The van der Waals surface area contributed by atoms with E-state index < -0.39 is 32.7 Å². The Bertz CT molecular complexity index is 1060. The van der Waals surface area contributed by atoms with Crippen LogP contribution in [-0.2, 0) is 9.47 Å². The molecule has 0 aliphatic carbocycles. The first kappa shape index (κ1) is 22.8. The van der Waals surface area contributed by atoms with Gasteiger partial charge >= 0.3 is 204 Å². The van der Waals surface area contributed by atoms with Crippen molar-refractivity contribution in [2.24, 2.45) is 0 Å². The summed E-state index contributed by atoms with van der Waals surface area (Å²) in [4.78, 5) is 0. The molecule has 0 amide bonds. The summed E-state index contributed by atoms with van der Waals surface area (Å²) in [6, 6.07) is 40.0. The van der Waals surface area contributed by atoms with Crippen LogP contribution in [0, 0.1) is 23.0 Å². The van der Waals surface area contributed by atoms with Gasteiger partial charge in [-0.05, 0) is 0 Å². The molecule has 0 spiro atoms. The molecule has 0 heterocycles. The van der Waals surface area contributed by atoms with Gasteiger partial charge in [0.15, 0.2) is 0 Å². The molecule has 0 fully saturated rings. The summed E-state index contributed by atoms with van der Waals surface area (Å²) in [5, 5.41) is 19.8. The topological polar surface area (TPSA) is 66.0 Å². The van der Waals surface area contributed by atoms with Gasteiger partial charge in [-0.2, -0.15) is 0 Å². The molecule has 4 aromatic rings. The fourth-order valence-corrected chi connectivity index (χ4v) is 20.4. The van der Waals surface area contributed by atoms with Crippen LogP contribution < -0.4 is 17.4 Å². The fraction of sp³-hybridized carbons (Fsp3) is 0.0370. The standard InChI is InChI=1S/C27H20As2N2O2/c30-21-32-27(33-22-31,28(23-13-5-1-6-14-23)24-15-7-2-8-16-24)29(25-17-9-3-10-18-25)26-19-11-4-12-20-26/h1-20H. The van der Waals surface area contributed by atoms with Gasteiger partial charge in [-0.15, -0.1) is 0 Å². The van der Waals surface area contributed by atoms with E-state index in [1.54, 1.807) is 0 Å². The van der Waals surface area contributed by atoms with Gasteiger partial charge in [0.05, 0.1) is 0 Å². The second kappa shape index (κ2) is 10.9. The average molecular weight is 554 g/mol. The molecule has 33 heavy (non-hydrogen) atoms. The fourth-order valence-electron chi connectivity index (χ4n) is 3.68. The van der Waals surface area contributed by atoms with Crippen molar-refractivity contribution in [2.75, 3.05) is 0 Å². The van der Waals surface area contributed by atoms with Gasteiger partial charge in [0, 0.05) is 0 Å². The first-order valence-electron chi connectivity index (χ1n) is 10.2. The Morgan fingerprint density at radius 1 is 0.455 bits per heavy atom. The van der Waals surface area contributed by atoms with Gasteiger partial charge < -0.3 is 0 Å². The number of ether oxygens (including phenoxy) is 2. The van der Waals surface area contributed by atoms with Crippen LogP contribution >= 0.6 is 0 Å². The zero-order valence-electron chi connectivity index (χ0n) is 17.7. The summed E-state index contributed by atoms with van der Waals surface area (Å²) in [7, 11) is 0. The first-order valence-corrected chi connectivity index (χ1v) is 15.9. The molecular formula is C27H20As2N2O2. The Labute approximate surface area is 203 Å². The van der Waals surface area contributed by atoms with Crippen LogP contribution in [0.3, 0.4) is 0 Å². The second-order valence-electron chi connectivity index (χ2n) is 6.95. The van der Waals surface area contributed by atoms with Gasteiger partial charge in [-0.25, -0.2) is 0 Å². The number of rotatable bonds is 8. The van der Waals surface area contributed by atoms with Crippen LogP contribution in [0.2, 0.25) is 0 Å². The monoisotopic (exact) mass is 554 g/mol. The number of hydrogen-bond acceptors (Lipinski definition) is 4. The molecule has 4 aromatic carbocycles. The van der Waals surface area contributed by atoms with Crippen LogP contribution in [0.25, 0.3) is 0 Å². The summed E-state index contributed by atoms with van der Waals surface area (Å²) in [6.07, 6.45) is 3.86. The summed E-state index contributed by atoms with van der Waals surface area (Å²) in [5.41, 5.74) is 0. The van der Waals surface area contributed by atoms with Gasteiger partial charge in [-0.1, -0.05) is 0 Å². The molecule has 6 heteroatoms. The summed E-state index contributed by atoms with van der Waals surface area (Å²) >= 11 is -5.11. The second-order valence-corrected chi connectivity index (χ2v) is 18.2. The molecule has 0 aliphatic rings. The molecule has 0 aliphatic heterocycles. The van der Waals surface area contributed by atoms with Crippen molar-refractivity contribution < 1.29 is 9.47 Å². The van der Waals surface area contributed by atoms with Crippen LogP contribution in [0.15, 0.2) is 121 Å². The van der Waals surface area contributed by atoms with Crippen molar-refractivity contribution in [3.63, 3.8) is 0 Å². The van der Waals surface area contributed by atoms with E-state index in [0.29, 0.717) is 0 Å². The molecule has 0 atom stereocenters. The molecule has 0 aromatic heterocycles. The number of nitrogens with zero attached hydrogens (tertiary/aromatic N) is 2. The van der Waals surface area contributed by atoms with E-state index >= 15 is 0 Å². The number of nitriles is 2. The molecule has 0 radical (unpaired) electrons. The third-order valence-corrected chi connectivity index (χ3v) is 19.3. The van der Waals surface area contributed by atoms with Crippen molar-refractivity contribution >= 4 is 46.7 Å². The van der Waals surface area contributed by atoms with Crippen molar-refractivity contribution in [2.45, 2.75) is 3.36 Å². The van der Waals surface area contributed by atoms with E-state index in [2.05, 4.69) is 0 Å². The van der Waals surface area contributed by atoms with Crippen LogP contribution in [0.4, 0.5) is 0 Å². The summed E-state index contributed by atoms with van der Waals surface area (Å²) in [6.45, 7) is 0. The minimum atomic E-state index is -2.56. The molecular weight excluding hydrogens is 534 g/mol. The van der Waals surface area contributed by atoms with Gasteiger partial charge in [-0.3, -0.25) is 0 Å². The molecule has 0 N–H and O–H groups in total. The van der Waals surface area contributed by atoms with Crippen LogP contribution in [0.5, 0.6) is 0 Å². The van der Waals surface area contributed by atoms with Gasteiger partial charge in [0.25, 0.3) is 0 Å². The Morgan fingerprint density at radius 2 is 0.697 bits per heavy atom. The van der Waals surface area contributed by atoms with Crippen molar-refractivity contribution in [1.29, 1.82) is 10.5 Å². The molecule has 0 saturated carbocycles. The minimum absolute atomic E-state index is 1.05. The average Bonchev–Trinajstić information content (AvgIpc) is 2.87. The zero-order valence-corrected chi connectivity index (χ0v) is 21.4. The maximum atomic E-state index is 9.90. The third-order valence-electron chi connectivity index (χ3n) is 4.98. The number of benzene rings is 4. The van der Waals surface area contributed by atoms with E-state index in [4.69, 9.17) is 9.47 Å². The van der Waals surface area contributed by atoms with Crippen LogP contribution in [0.1, 0.15) is 0 Å². The maximum absolute atomic E-state index is 9.90. The van der Waals surface area contributed by atoms with E-state index in [9.17, 15) is 10.5 Å². The quantitative estimate of drug-likeness (QED) is 0.191. The van der Waals surface area contributed by atoms with E-state index in [1.807, 2.05) is 134 Å². The van der Waals surface area contributed by atoms with Gasteiger partial charge in [0.2, 0.25) is 0 Å². The normalized spacial score (nSPS) is 10.9. The SMILES string of the molecule is N#COC(OC#N)([As](c1ccccc1)c1ccccc1)[As](c1ccccc1)c1ccccc1. The Kier molecular flexibility index (Phi) is 7.54. The zero-order chi connectivity index (χ0) is 22.9. The van der Waals surface area contributed by atoms with Crippen molar-refractivity contribution in [3.05, 3.63) is 121 Å². The Morgan fingerprint density at radius 3 is 0.909 bits per heavy atom. The number of hydrogen-bond donors (Lipinski definition) is 0. The van der Waals surface area contributed by atoms with Crippen LogP contribution in [-0.4, -0.2) is 32.7 Å². The summed E-state index contributed by atoms with van der Waals surface area (Å²) in [5.74, 6) is 0. The van der Waals surface area contributed by atoms with E-state index in [1.165, 1.54) is 0 Å². The molecule has 160 valence electrons. The predicted octanol–water partition coefficient (Wildman–Crippen LogP) is 2.37.